The topological polar surface area (TPSA) is 26.3 Å². The molecule has 1 aliphatic heterocycles. The summed E-state index contributed by atoms with van der Waals surface area (Å²) in [6, 6.07) is 0. The van der Waals surface area contributed by atoms with Gasteiger partial charge >= 0.3 is 0 Å². The Morgan fingerprint density at radius 2 is 2.33 bits per heavy atom. The van der Waals surface area contributed by atoms with E-state index in [9.17, 15) is 4.79 Å². The first-order chi connectivity index (χ1) is 5.55. The molecule has 1 atom stereocenters. The van der Waals surface area contributed by atoms with Crippen molar-refractivity contribution in [2.75, 3.05) is 12.5 Å². The molecule has 0 N–H and O–H groups in total. The van der Waals surface area contributed by atoms with Crippen LogP contribution in [0.2, 0.25) is 0 Å². The van der Waals surface area contributed by atoms with Gasteiger partial charge in [-0.25, -0.2) is 0 Å². The number of ether oxygens (including phenoxy) is 1. The van der Waals surface area contributed by atoms with E-state index in [0.29, 0.717) is 6.61 Å². The predicted molar refractivity (Wildman–Crippen MR) is 48.5 cm³/mol. The third-order valence-electron chi connectivity index (χ3n) is 2.28. The number of halogens is 1. The summed E-state index contributed by atoms with van der Waals surface area (Å²) in [7, 11) is 0. The molecule has 0 aliphatic carbocycles. The van der Waals surface area contributed by atoms with Crippen LogP contribution in [0.4, 0.5) is 0 Å². The molecule has 1 saturated heterocycles. The molecule has 0 aromatic carbocycles. The first-order valence-corrected chi connectivity index (χ1v) is 4.81. The molecule has 0 radical (unpaired) electrons. The van der Waals surface area contributed by atoms with Crippen molar-refractivity contribution >= 4 is 17.4 Å². The average molecular weight is 191 g/mol. The third kappa shape index (κ3) is 2.46. The van der Waals surface area contributed by atoms with Crippen LogP contribution in [0.25, 0.3) is 0 Å². The number of alkyl halides is 1. The molecule has 12 heavy (non-hydrogen) atoms. The number of hydrogen-bond acceptors (Lipinski definition) is 2. The van der Waals surface area contributed by atoms with Gasteiger partial charge in [0.15, 0.2) is 5.78 Å². The van der Waals surface area contributed by atoms with Gasteiger partial charge in [-0.15, -0.1) is 11.6 Å². The summed E-state index contributed by atoms with van der Waals surface area (Å²) in [4.78, 5) is 11.3. The van der Waals surface area contributed by atoms with Crippen molar-refractivity contribution in [2.24, 2.45) is 5.92 Å². The predicted octanol–water partition coefficient (Wildman–Crippen LogP) is 2.00. The maximum atomic E-state index is 11.3. The van der Waals surface area contributed by atoms with Crippen LogP contribution in [0.3, 0.4) is 0 Å². The van der Waals surface area contributed by atoms with Crippen molar-refractivity contribution in [2.45, 2.75) is 32.3 Å². The van der Waals surface area contributed by atoms with Crippen LogP contribution in [0, 0.1) is 5.92 Å². The van der Waals surface area contributed by atoms with Gasteiger partial charge in [0.2, 0.25) is 0 Å². The lowest BCUT2D eigenvalue weighted by atomic mass is 9.86. The summed E-state index contributed by atoms with van der Waals surface area (Å²) < 4.78 is 5.49. The van der Waals surface area contributed by atoms with Crippen molar-refractivity contribution in [3.63, 3.8) is 0 Å². The van der Waals surface area contributed by atoms with Crippen LogP contribution in [0.1, 0.15) is 26.7 Å². The third-order valence-corrected chi connectivity index (χ3v) is 2.55. The molecule has 0 saturated carbocycles. The molecule has 0 amide bonds. The minimum absolute atomic E-state index is 0.117. The molecule has 0 bridgehead atoms. The lowest BCUT2D eigenvalue weighted by Crippen LogP contribution is -2.37. The van der Waals surface area contributed by atoms with Gasteiger partial charge in [0.25, 0.3) is 0 Å². The Morgan fingerprint density at radius 3 is 2.83 bits per heavy atom. The lowest BCUT2D eigenvalue weighted by Gasteiger charge is -2.34. The van der Waals surface area contributed by atoms with Gasteiger partial charge in [-0.2, -0.15) is 0 Å². The fourth-order valence-corrected chi connectivity index (χ4v) is 1.83. The van der Waals surface area contributed by atoms with Crippen molar-refractivity contribution < 1.29 is 9.53 Å². The second-order valence-electron chi connectivity index (χ2n) is 3.90. The number of carbonyl (C=O) groups excluding carboxylic acids is 1. The number of carbonyl (C=O) groups is 1. The molecule has 1 aliphatic rings. The minimum Gasteiger partial charge on any atom is -0.376 e. The Hall–Kier alpha value is -0.0800. The SMILES string of the molecule is CC1(C)CC(C(=O)CCl)CCO1. The Morgan fingerprint density at radius 1 is 1.67 bits per heavy atom. The Labute approximate surface area is 78.2 Å². The van der Waals surface area contributed by atoms with Gasteiger partial charge in [0.05, 0.1) is 11.5 Å². The molecule has 1 fully saturated rings. The fourth-order valence-electron chi connectivity index (χ4n) is 1.62. The molecule has 0 spiro atoms. The minimum atomic E-state index is -0.148. The molecule has 1 heterocycles. The highest BCUT2D eigenvalue weighted by Gasteiger charge is 2.31. The van der Waals surface area contributed by atoms with E-state index in [-0.39, 0.29) is 23.2 Å². The van der Waals surface area contributed by atoms with Crippen molar-refractivity contribution in [1.82, 2.24) is 0 Å². The summed E-state index contributed by atoms with van der Waals surface area (Å²) in [5, 5.41) is 0. The van der Waals surface area contributed by atoms with Gasteiger partial charge < -0.3 is 4.74 Å². The highest BCUT2D eigenvalue weighted by atomic mass is 35.5. The number of ketones is 1. The van der Waals surface area contributed by atoms with E-state index >= 15 is 0 Å². The zero-order valence-corrected chi connectivity index (χ0v) is 8.36. The quantitative estimate of drug-likeness (QED) is 0.623. The van der Waals surface area contributed by atoms with Gasteiger partial charge in [-0.05, 0) is 26.7 Å². The summed E-state index contributed by atoms with van der Waals surface area (Å²) in [5.74, 6) is 0.417. The van der Waals surface area contributed by atoms with E-state index in [1.165, 1.54) is 0 Å². The Balaban J connectivity index is 2.52. The smallest absolute Gasteiger partial charge is 0.150 e. The number of Topliss-reactive ketones (excluding diaryl/α,β-unsaturated/α-hetero) is 1. The van der Waals surface area contributed by atoms with Crippen LogP contribution in [-0.4, -0.2) is 23.9 Å². The van der Waals surface area contributed by atoms with E-state index in [0.717, 1.165) is 12.8 Å². The molecule has 0 aromatic rings. The maximum Gasteiger partial charge on any atom is 0.150 e. The second-order valence-corrected chi connectivity index (χ2v) is 4.17. The van der Waals surface area contributed by atoms with E-state index in [4.69, 9.17) is 16.3 Å². The van der Waals surface area contributed by atoms with Crippen LogP contribution >= 0.6 is 11.6 Å². The average Bonchev–Trinajstić information content (AvgIpc) is 2.01. The van der Waals surface area contributed by atoms with E-state index in [2.05, 4.69) is 0 Å². The molecule has 2 nitrogen and oxygen atoms in total. The number of rotatable bonds is 2. The standard InChI is InChI=1S/C9H15ClO2/c1-9(2)5-7(3-4-12-9)8(11)6-10/h7H,3-6H2,1-2H3. The van der Waals surface area contributed by atoms with Gasteiger partial charge in [-0.3, -0.25) is 4.79 Å². The molecular weight excluding hydrogens is 176 g/mol. The Kier molecular flexibility index (Phi) is 3.13. The van der Waals surface area contributed by atoms with Crippen molar-refractivity contribution in [1.29, 1.82) is 0 Å². The van der Waals surface area contributed by atoms with Crippen LogP contribution in [0.15, 0.2) is 0 Å². The normalized spacial score (nSPS) is 28.4. The zero-order chi connectivity index (χ0) is 9.19. The van der Waals surface area contributed by atoms with Crippen molar-refractivity contribution in [3.8, 4) is 0 Å². The summed E-state index contributed by atoms with van der Waals surface area (Å²) in [5.41, 5.74) is -0.148. The van der Waals surface area contributed by atoms with Gasteiger partial charge in [0, 0.05) is 12.5 Å². The summed E-state index contributed by atoms with van der Waals surface area (Å²) in [6.45, 7) is 4.71. The number of hydrogen-bond donors (Lipinski definition) is 0. The lowest BCUT2D eigenvalue weighted by molar-refractivity contribution is -0.130. The molecule has 1 rings (SSSR count). The molecule has 1 unspecified atom stereocenters. The summed E-state index contributed by atoms with van der Waals surface area (Å²) >= 11 is 5.49. The first kappa shape index (κ1) is 10.0. The molecule has 3 heteroatoms. The Bertz CT molecular complexity index is 177. The largest absolute Gasteiger partial charge is 0.376 e. The van der Waals surface area contributed by atoms with Crippen molar-refractivity contribution in [3.05, 3.63) is 0 Å². The molecule has 0 aromatic heterocycles. The summed E-state index contributed by atoms with van der Waals surface area (Å²) in [6.07, 6.45) is 1.63. The second kappa shape index (κ2) is 3.75. The zero-order valence-electron chi connectivity index (χ0n) is 7.60. The monoisotopic (exact) mass is 190 g/mol. The van der Waals surface area contributed by atoms with Crippen LogP contribution < -0.4 is 0 Å². The van der Waals surface area contributed by atoms with E-state index in [1.807, 2.05) is 13.8 Å². The van der Waals surface area contributed by atoms with Crippen LogP contribution in [-0.2, 0) is 9.53 Å². The molecular formula is C9H15ClO2. The molecule has 70 valence electrons. The van der Waals surface area contributed by atoms with Gasteiger partial charge in [-0.1, -0.05) is 0 Å². The highest BCUT2D eigenvalue weighted by molar-refractivity contribution is 6.27. The first-order valence-electron chi connectivity index (χ1n) is 4.28. The van der Waals surface area contributed by atoms with Gasteiger partial charge in [0.1, 0.15) is 0 Å². The van der Waals surface area contributed by atoms with Crippen LogP contribution in [0.5, 0.6) is 0 Å². The van der Waals surface area contributed by atoms with E-state index in [1.54, 1.807) is 0 Å². The maximum absolute atomic E-state index is 11.3. The fraction of sp³-hybridized carbons (Fsp3) is 0.889. The highest BCUT2D eigenvalue weighted by Crippen LogP contribution is 2.29. The van der Waals surface area contributed by atoms with E-state index < -0.39 is 0 Å².